The van der Waals surface area contributed by atoms with Gasteiger partial charge in [-0.25, -0.2) is 4.98 Å². The van der Waals surface area contributed by atoms with Crippen LogP contribution in [0.25, 0.3) is 11.4 Å². The van der Waals surface area contributed by atoms with Crippen LogP contribution in [-0.2, 0) is 0 Å². The van der Waals surface area contributed by atoms with Crippen LogP contribution >= 0.6 is 0 Å². The van der Waals surface area contributed by atoms with Crippen LogP contribution in [0, 0.1) is 5.41 Å². The van der Waals surface area contributed by atoms with Crippen molar-refractivity contribution in [3.8, 4) is 11.4 Å². The second-order valence-corrected chi connectivity index (χ2v) is 5.68. The molecule has 1 aliphatic carbocycles. The van der Waals surface area contributed by atoms with E-state index in [0.717, 1.165) is 30.3 Å². The summed E-state index contributed by atoms with van der Waals surface area (Å²) >= 11 is 0. The molecule has 1 spiro atoms. The highest BCUT2D eigenvalue weighted by Gasteiger charge is 2.49. The fourth-order valence-corrected chi connectivity index (χ4v) is 3.41. The van der Waals surface area contributed by atoms with E-state index in [1.54, 1.807) is 12.4 Å². The van der Waals surface area contributed by atoms with E-state index >= 15 is 0 Å². The Morgan fingerprint density at radius 2 is 2.05 bits per heavy atom. The minimum absolute atomic E-state index is 0.440. The lowest BCUT2D eigenvalue weighted by Crippen LogP contribution is -2.36. The van der Waals surface area contributed by atoms with Gasteiger partial charge in [0.2, 0.25) is 0 Å². The van der Waals surface area contributed by atoms with Crippen LogP contribution in [-0.4, -0.2) is 33.3 Å². The zero-order valence-electron chi connectivity index (χ0n) is 10.8. The molecule has 2 aliphatic rings. The van der Waals surface area contributed by atoms with Crippen molar-refractivity contribution >= 4 is 0 Å². The smallest absolute Gasteiger partial charge is 0.181 e. The van der Waals surface area contributed by atoms with E-state index in [2.05, 4.69) is 20.5 Å². The summed E-state index contributed by atoms with van der Waals surface area (Å²) in [6, 6.07) is 3.89. The van der Waals surface area contributed by atoms with E-state index in [1.165, 1.54) is 19.3 Å². The van der Waals surface area contributed by atoms with Crippen LogP contribution in [0.5, 0.6) is 0 Å². The molecule has 0 aromatic carbocycles. The van der Waals surface area contributed by atoms with Gasteiger partial charge < -0.3 is 5.32 Å². The van der Waals surface area contributed by atoms with Crippen molar-refractivity contribution in [1.29, 1.82) is 0 Å². The molecule has 0 bridgehead atoms. The lowest BCUT2D eigenvalue weighted by molar-refractivity contribution is 0.133. The van der Waals surface area contributed by atoms with Gasteiger partial charge in [0.1, 0.15) is 5.82 Å². The molecular formula is C14H17N5. The largest absolute Gasteiger partial charge is 0.315 e. The maximum atomic E-state index is 4.71. The highest BCUT2D eigenvalue weighted by Crippen LogP contribution is 2.52. The highest BCUT2D eigenvalue weighted by molar-refractivity contribution is 5.53. The van der Waals surface area contributed by atoms with Crippen molar-refractivity contribution in [2.24, 2.45) is 5.41 Å². The van der Waals surface area contributed by atoms with E-state index in [1.807, 2.05) is 12.1 Å². The third kappa shape index (κ3) is 1.69. The third-order valence-electron chi connectivity index (χ3n) is 4.69. The Morgan fingerprint density at radius 1 is 1.21 bits per heavy atom. The first-order chi connectivity index (χ1) is 9.37. The fraction of sp³-hybridized carbons (Fsp3) is 0.500. The van der Waals surface area contributed by atoms with Crippen molar-refractivity contribution in [1.82, 2.24) is 25.5 Å². The second kappa shape index (κ2) is 4.13. The predicted octanol–water partition coefficient (Wildman–Crippen LogP) is 1.72. The number of hydrogen-bond acceptors (Lipinski definition) is 4. The molecule has 0 amide bonds. The van der Waals surface area contributed by atoms with Crippen LogP contribution < -0.4 is 5.32 Å². The Morgan fingerprint density at radius 3 is 2.79 bits per heavy atom. The summed E-state index contributed by atoms with van der Waals surface area (Å²) in [6.45, 7) is 2.15. The number of hydrogen-bond donors (Lipinski definition) is 2. The van der Waals surface area contributed by atoms with Crippen molar-refractivity contribution < 1.29 is 0 Å². The Labute approximate surface area is 111 Å². The Bertz CT molecular complexity index is 573. The molecule has 2 aromatic heterocycles. The molecule has 3 heterocycles. The van der Waals surface area contributed by atoms with Crippen molar-refractivity contribution in [2.45, 2.75) is 25.2 Å². The Kier molecular flexibility index (Phi) is 2.41. The Hall–Kier alpha value is -1.75. The summed E-state index contributed by atoms with van der Waals surface area (Å²) in [5.41, 5.74) is 1.46. The van der Waals surface area contributed by atoms with E-state index in [-0.39, 0.29) is 0 Å². The van der Waals surface area contributed by atoms with Gasteiger partial charge in [0.15, 0.2) is 5.82 Å². The zero-order valence-corrected chi connectivity index (χ0v) is 10.8. The molecule has 1 saturated carbocycles. The molecule has 98 valence electrons. The number of rotatable bonds is 2. The van der Waals surface area contributed by atoms with Crippen LogP contribution in [0.1, 0.15) is 31.0 Å². The lowest BCUT2D eigenvalue weighted by atomic mass is 9.62. The van der Waals surface area contributed by atoms with E-state index in [9.17, 15) is 0 Å². The van der Waals surface area contributed by atoms with Crippen molar-refractivity contribution in [3.05, 3.63) is 30.4 Å². The summed E-state index contributed by atoms with van der Waals surface area (Å²) in [4.78, 5) is 8.73. The molecule has 1 atom stereocenters. The third-order valence-corrected chi connectivity index (χ3v) is 4.69. The second-order valence-electron chi connectivity index (χ2n) is 5.68. The quantitative estimate of drug-likeness (QED) is 0.857. The van der Waals surface area contributed by atoms with Gasteiger partial charge in [0.25, 0.3) is 0 Å². The van der Waals surface area contributed by atoms with Crippen molar-refractivity contribution in [2.75, 3.05) is 13.1 Å². The molecule has 1 saturated heterocycles. The summed E-state index contributed by atoms with van der Waals surface area (Å²) in [7, 11) is 0. The first-order valence-electron chi connectivity index (χ1n) is 6.91. The number of aromatic nitrogens is 4. The van der Waals surface area contributed by atoms with Gasteiger partial charge in [0.05, 0.1) is 0 Å². The number of aromatic amines is 1. The maximum absolute atomic E-state index is 4.71. The number of nitrogens with zero attached hydrogens (tertiary/aromatic N) is 3. The lowest BCUT2D eigenvalue weighted by Gasteiger charge is -2.41. The summed E-state index contributed by atoms with van der Waals surface area (Å²) in [5.74, 6) is 2.31. The van der Waals surface area contributed by atoms with Gasteiger partial charge in [-0.3, -0.25) is 10.1 Å². The molecule has 5 heteroatoms. The topological polar surface area (TPSA) is 66.5 Å². The van der Waals surface area contributed by atoms with Crippen LogP contribution in [0.4, 0.5) is 0 Å². The molecular weight excluding hydrogens is 238 g/mol. The molecule has 1 aliphatic heterocycles. The number of pyridine rings is 1. The maximum Gasteiger partial charge on any atom is 0.181 e. The SMILES string of the molecule is c1cc(-c2n[nH]c(C3CNCC34CCC4)n2)ccn1. The van der Waals surface area contributed by atoms with E-state index < -0.39 is 0 Å². The van der Waals surface area contributed by atoms with Gasteiger partial charge >= 0.3 is 0 Å². The van der Waals surface area contributed by atoms with Gasteiger partial charge in [0, 0.05) is 37.0 Å². The first-order valence-corrected chi connectivity index (χ1v) is 6.91. The highest BCUT2D eigenvalue weighted by atomic mass is 15.2. The molecule has 1 unspecified atom stereocenters. The summed E-state index contributed by atoms with van der Waals surface area (Å²) in [6.07, 6.45) is 7.53. The van der Waals surface area contributed by atoms with Crippen LogP contribution in [0.3, 0.4) is 0 Å². The minimum atomic E-state index is 0.440. The minimum Gasteiger partial charge on any atom is -0.315 e. The molecule has 2 N–H and O–H groups in total. The molecule has 19 heavy (non-hydrogen) atoms. The van der Waals surface area contributed by atoms with Gasteiger partial charge in [-0.1, -0.05) is 6.42 Å². The standard InChI is InChI=1S/C14H17N5/c1-4-14(5-1)9-16-8-11(14)13-17-12(18-19-13)10-2-6-15-7-3-10/h2-3,6-7,11,16H,1,4-5,8-9H2,(H,17,18,19). The van der Waals surface area contributed by atoms with Crippen molar-refractivity contribution in [3.63, 3.8) is 0 Å². The number of nitrogens with one attached hydrogen (secondary N) is 2. The number of H-pyrrole nitrogens is 1. The molecule has 2 aromatic rings. The van der Waals surface area contributed by atoms with Gasteiger partial charge in [-0.2, -0.15) is 5.10 Å². The fourth-order valence-electron chi connectivity index (χ4n) is 3.41. The van der Waals surface area contributed by atoms with Crippen LogP contribution in [0.2, 0.25) is 0 Å². The average molecular weight is 255 g/mol. The summed E-state index contributed by atoms with van der Waals surface area (Å²) in [5, 5.41) is 11.0. The average Bonchev–Trinajstić information content (AvgIpc) is 3.05. The van der Waals surface area contributed by atoms with Gasteiger partial charge in [-0.05, 0) is 30.4 Å². The first kappa shape index (κ1) is 11.1. The van der Waals surface area contributed by atoms with E-state index in [4.69, 9.17) is 4.98 Å². The van der Waals surface area contributed by atoms with E-state index in [0.29, 0.717) is 11.3 Å². The predicted molar refractivity (Wildman–Crippen MR) is 71.5 cm³/mol. The summed E-state index contributed by atoms with van der Waals surface area (Å²) < 4.78 is 0. The Balaban J connectivity index is 1.65. The van der Waals surface area contributed by atoms with Crippen LogP contribution in [0.15, 0.2) is 24.5 Å². The normalized spacial score (nSPS) is 24.5. The molecule has 0 radical (unpaired) electrons. The molecule has 5 nitrogen and oxygen atoms in total. The zero-order chi connectivity index (χ0) is 12.7. The monoisotopic (exact) mass is 255 g/mol. The molecule has 2 fully saturated rings. The van der Waals surface area contributed by atoms with Gasteiger partial charge in [-0.15, -0.1) is 0 Å². The molecule has 4 rings (SSSR count).